The van der Waals surface area contributed by atoms with Crippen molar-refractivity contribution < 1.29 is 4.79 Å². The summed E-state index contributed by atoms with van der Waals surface area (Å²) in [5.41, 5.74) is 2.23. The van der Waals surface area contributed by atoms with Crippen molar-refractivity contribution in [3.8, 4) is 6.07 Å². The molecule has 0 spiro atoms. The molecule has 0 aromatic heterocycles. The van der Waals surface area contributed by atoms with Crippen molar-refractivity contribution in [2.75, 3.05) is 18.4 Å². The molecule has 1 aliphatic heterocycles. The van der Waals surface area contributed by atoms with Gasteiger partial charge in [0.1, 0.15) is 11.6 Å². The number of likely N-dealkylation sites (tertiary alicyclic amines) is 1. The van der Waals surface area contributed by atoms with Gasteiger partial charge in [-0.05, 0) is 36.3 Å². The van der Waals surface area contributed by atoms with E-state index in [1.165, 1.54) is 0 Å². The van der Waals surface area contributed by atoms with Gasteiger partial charge in [-0.1, -0.05) is 39.0 Å². The van der Waals surface area contributed by atoms with Gasteiger partial charge in [0.05, 0.1) is 0 Å². The van der Waals surface area contributed by atoms with Gasteiger partial charge in [0.25, 0.3) is 5.91 Å². The van der Waals surface area contributed by atoms with Gasteiger partial charge in [0.15, 0.2) is 0 Å². The Bertz CT molecular complexity index is 629. The van der Waals surface area contributed by atoms with Gasteiger partial charge in [-0.25, -0.2) is 0 Å². The molecule has 0 aliphatic carbocycles. The summed E-state index contributed by atoms with van der Waals surface area (Å²) >= 11 is 0. The maximum Gasteiger partial charge on any atom is 0.266 e. The lowest BCUT2D eigenvalue weighted by Crippen LogP contribution is -2.36. The minimum atomic E-state index is -0.173. The highest BCUT2D eigenvalue weighted by atomic mass is 16.2. The average Bonchev–Trinajstić information content (AvgIpc) is 2.55. The number of piperidine rings is 1. The van der Waals surface area contributed by atoms with E-state index in [-0.39, 0.29) is 16.9 Å². The van der Waals surface area contributed by atoms with Crippen LogP contribution in [-0.4, -0.2) is 23.9 Å². The highest BCUT2D eigenvalue weighted by Crippen LogP contribution is 2.29. The highest BCUT2D eigenvalue weighted by molar-refractivity contribution is 5.97. The molecule has 122 valence electrons. The molecular weight excluding hydrogens is 286 g/mol. The summed E-state index contributed by atoms with van der Waals surface area (Å²) in [6.45, 7) is 7.91. The van der Waals surface area contributed by atoms with E-state index < -0.39 is 0 Å². The minimum absolute atomic E-state index is 0.0128. The van der Waals surface area contributed by atoms with Crippen molar-refractivity contribution in [3.63, 3.8) is 0 Å². The topological polar surface area (TPSA) is 56.1 Å². The lowest BCUT2D eigenvalue weighted by atomic mass is 9.86. The van der Waals surface area contributed by atoms with E-state index in [1.54, 1.807) is 11.1 Å². The smallest absolute Gasteiger partial charge is 0.266 e. The number of nitrogens with zero attached hydrogens (tertiary/aromatic N) is 2. The largest absolute Gasteiger partial charge is 0.360 e. The molecular formula is C19H25N3O. The van der Waals surface area contributed by atoms with Crippen LogP contribution in [0.2, 0.25) is 0 Å². The fraction of sp³-hybridized carbons (Fsp3) is 0.474. The first-order chi connectivity index (χ1) is 10.9. The summed E-state index contributed by atoms with van der Waals surface area (Å²) in [6.07, 6.45) is 4.74. The standard InChI is InChI=1S/C19H25N3O/c1-19(2,3)16-9-5-6-10-17(16)21-14-15(13-20)18(23)22-11-7-4-8-12-22/h5-6,9-10,14,21H,4,7-8,11-12H2,1-3H3/b15-14-. The number of amides is 1. The Morgan fingerprint density at radius 3 is 2.48 bits per heavy atom. The van der Waals surface area contributed by atoms with Crippen molar-refractivity contribution in [1.82, 2.24) is 4.90 Å². The molecule has 1 heterocycles. The quantitative estimate of drug-likeness (QED) is 0.682. The monoisotopic (exact) mass is 311 g/mol. The normalized spacial score (nSPS) is 15.9. The molecule has 1 aromatic rings. The van der Waals surface area contributed by atoms with Crippen LogP contribution in [0.5, 0.6) is 0 Å². The van der Waals surface area contributed by atoms with E-state index in [4.69, 9.17) is 0 Å². The number of anilines is 1. The lowest BCUT2D eigenvalue weighted by molar-refractivity contribution is -0.127. The van der Waals surface area contributed by atoms with Crippen LogP contribution in [0, 0.1) is 11.3 Å². The van der Waals surface area contributed by atoms with E-state index >= 15 is 0 Å². The zero-order valence-electron chi connectivity index (χ0n) is 14.2. The van der Waals surface area contributed by atoms with Gasteiger partial charge in [0, 0.05) is 25.0 Å². The second-order valence-corrected chi connectivity index (χ2v) is 6.96. The molecule has 1 aliphatic rings. The van der Waals surface area contributed by atoms with E-state index in [2.05, 4.69) is 32.2 Å². The molecule has 1 aromatic carbocycles. The summed E-state index contributed by atoms with van der Waals surface area (Å²) in [4.78, 5) is 14.2. The van der Waals surface area contributed by atoms with Crippen LogP contribution in [0.3, 0.4) is 0 Å². The van der Waals surface area contributed by atoms with Crippen molar-refractivity contribution in [1.29, 1.82) is 5.26 Å². The SMILES string of the molecule is CC(C)(C)c1ccccc1N/C=C(/C#N)C(=O)N1CCCCC1. The zero-order valence-corrected chi connectivity index (χ0v) is 14.2. The number of benzene rings is 1. The molecule has 0 radical (unpaired) electrons. The Balaban J connectivity index is 2.17. The number of hydrogen-bond acceptors (Lipinski definition) is 3. The average molecular weight is 311 g/mol. The zero-order chi connectivity index (χ0) is 16.9. The van der Waals surface area contributed by atoms with Gasteiger partial charge in [0.2, 0.25) is 0 Å². The van der Waals surface area contributed by atoms with Crippen LogP contribution >= 0.6 is 0 Å². The van der Waals surface area contributed by atoms with Crippen LogP contribution in [-0.2, 0) is 10.2 Å². The lowest BCUT2D eigenvalue weighted by Gasteiger charge is -2.26. The van der Waals surface area contributed by atoms with Gasteiger partial charge < -0.3 is 10.2 Å². The number of carbonyl (C=O) groups excluding carboxylic acids is 1. The molecule has 23 heavy (non-hydrogen) atoms. The summed E-state index contributed by atoms with van der Waals surface area (Å²) in [6, 6.07) is 10.0. The molecule has 0 atom stereocenters. The molecule has 0 saturated carbocycles. The number of para-hydroxylation sites is 1. The highest BCUT2D eigenvalue weighted by Gasteiger charge is 2.21. The minimum Gasteiger partial charge on any atom is -0.360 e. The van der Waals surface area contributed by atoms with Crippen LogP contribution < -0.4 is 5.32 Å². The van der Waals surface area contributed by atoms with Crippen molar-refractivity contribution in [2.24, 2.45) is 0 Å². The van der Waals surface area contributed by atoms with Crippen LogP contribution in [0.1, 0.15) is 45.6 Å². The Hall–Kier alpha value is -2.28. The Labute approximate surface area is 138 Å². The fourth-order valence-electron chi connectivity index (χ4n) is 2.82. The third-order valence-corrected chi connectivity index (χ3v) is 4.10. The van der Waals surface area contributed by atoms with Gasteiger partial charge in [-0.3, -0.25) is 4.79 Å². The molecule has 4 heteroatoms. The molecule has 2 rings (SSSR count). The Morgan fingerprint density at radius 1 is 1.22 bits per heavy atom. The van der Waals surface area contributed by atoms with E-state index in [0.29, 0.717) is 0 Å². The molecule has 4 nitrogen and oxygen atoms in total. The summed E-state index contributed by atoms with van der Waals surface area (Å²) in [7, 11) is 0. The first-order valence-electron chi connectivity index (χ1n) is 8.19. The predicted octanol–water partition coefficient (Wildman–Crippen LogP) is 3.82. The number of hydrogen-bond donors (Lipinski definition) is 1. The molecule has 1 amide bonds. The summed E-state index contributed by atoms with van der Waals surface area (Å²) in [5.74, 6) is -0.173. The van der Waals surface area contributed by atoms with Gasteiger partial charge in [-0.15, -0.1) is 0 Å². The van der Waals surface area contributed by atoms with Crippen molar-refractivity contribution >= 4 is 11.6 Å². The number of carbonyl (C=O) groups is 1. The second-order valence-electron chi connectivity index (χ2n) is 6.96. The third-order valence-electron chi connectivity index (χ3n) is 4.10. The van der Waals surface area contributed by atoms with E-state index in [1.807, 2.05) is 24.3 Å². The maximum atomic E-state index is 12.4. The van der Waals surface area contributed by atoms with Crippen LogP contribution in [0.25, 0.3) is 0 Å². The summed E-state index contributed by atoms with van der Waals surface area (Å²) in [5, 5.41) is 12.5. The van der Waals surface area contributed by atoms with E-state index in [0.717, 1.165) is 43.6 Å². The first-order valence-corrected chi connectivity index (χ1v) is 8.19. The predicted molar refractivity (Wildman–Crippen MR) is 92.9 cm³/mol. The third kappa shape index (κ3) is 4.35. The van der Waals surface area contributed by atoms with Gasteiger partial charge in [-0.2, -0.15) is 5.26 Å². The van der Waals surface area contributed by atoms with Crippen LogP contribution in [0.4, 0.5) is 5.69 Å². The van der Waals surface area contributed by atoms with Gasteiger partial charge >= 0.3 is 0 Å². The summed E-state index contributed by atoms with van der Waals surface area (Å²) < 4.78 is 0. The molecule has 1 N–H and O–H groups in total. The molecule has 0 bridgehead atoms. The second kappa shape index (κ2) is 7.32. The van der Waals surface area contributed by atoms with Crippen molar-refractivity contribution in [3.05, 3.63) is 41.6 Å². The number of nitriles is 1. The van der Waals surface area contributed by atoms with Crippen molar-refractivity contribution in [2.45, 2.75) is 45.4 Å². The molecule has 1 fully saturated rings. The Kier molecular flexibility index (Phi) is 5.44. The fourth-order valence-corrected chi connectivity index (χ4v) is 2.82. The molecule has 1 saturated heterocycles. The number of nitrogens with one attached hydrogen (secondary N) is 1. The van der Waals surface area contributed by atoms with E-state index in [9.17, 15) is 10.1 Å². The number of rotatable bonds is 3. The van der Waals surface area contributed by atoms with Crippen LogP contribution in [0.15, 0.2) is 36.0 Å². The maximum absolute atomic E-state index is 12.4. The first kappa shape index (κ1) is 17.1. The Morgan fingerprint density at radius 2 is 1.87 bits per heavy atom. The molecule has 0 unspecified atom stereocenters.